The molecule has 0 aliphatic heterocycles. The number of methoxy groups -OCH3 is 1. The van der Waals surface area contributed by atoms with Crippen molar-refractivity contribution in [2.24, 2.45) is 5.92 Å². The van der Waals surface area contributed by atoms with E-state index in [-0.39, 0.29) is 48.5 Å². The zero-order valence-electron chi connectivity index (χ0n) is 18.0. The number of rotatable bonds is 8. The molecule has 3 aromatic rings. The van der Waals surface area contributed by atoms with E-state index in [1.807, 2.05) is 10.7 Å². The molecule has 2 aliphatic carbocycles. The van der Waals surface area contributed by atoms with Crippen LogP contribution >= 0.6 is 0 Å². The first-order chi connectivity index (χ1) is 15.5. The number of nitrogens with one attached hydrogen (secondary N) is 2. The van der Waals surface area contributed by atoms with Gasteiger partial charge in [-0.3, -0.25) is 4.79 Å². The topological polar surface area (TPSA) is 144 Å². The number of hydrogen-bond donors (Lipinski definition) is 3. The number of carboxylic acid groups (broad SMARTS) is 1. The van der Waals surface area contributed by atoms with Gasteiger partial charge in [0.1, 0.15) is 6.33 Å². The molecule has 2 aromatic heterocycles. The van der Waals surface area contributed by atoms with Gasteiger partial charge in [-0.1, -0.05) is 6.07 Å². The van der Waals surface area contributed by atoms with Crippen molar-refractivity contribution in [3.63, 3.8) is 0 Å². The van der Waals surface area contributed by atoms with E-state index in [0.29, 0.717) is 28.9 Å². The van der Waals surface area contributed by atoms with E-state index >= 15 is 0 Å². The molecule has 2 fully saturated rings. The third-order valence-corrected chi connectivity index (χ3v) is 5.35. The van der Waals surface area contributed by atoms with Crippen LogP contribution in [0, 0.1) is 5.92 Å². The smallest absolute Gasteiger partial charge is 0.358 e. The van der Waals surface area contributed by atoms with E-state index in [2.05, 4.69) is 30.9 Å². The molecule has 33 heavy (non-hydrogen) atoms. The molecule has 5 rings (SSSR count). The average molecular weight is 501 g/mol. The number of aromatic carboxylic acids is 1. The maximum absolute atomic E-state index is 12.1. The molecule has 166 valence electrons. The number of para-hydroxylation sites is 1. The van der Waals surface area contributed by atoms with Gasteiger partial charge in [0.25, 0.3) is 0 Å². The molecule has 1 amide bonds. The van der Waals surface area contributed by atoms with Crippen LogP contribution in [0.5, 0.6) is 5.75 Å². The molecule has 2 saturated carbocycles. The van der Waals surface area contributed by atoms with Gasteiger partial charge in [-0.05, 0) is 37.8 Å². The number of hydrogen-bond acceptors (Lipinski definition) is 8. The number of anilines is 3. The number of carbonyl (C=O) groups is 2. The number of nitrogens with zero attached hydrogens (tertiary/aromatic N) is 5. The molecule has 0 saturated heterocycles. The fraction of sp³-hybridized carbons (Fsp3) is 0.333. The van der Waals surface area contributed by atoms with Crippen molar-refractivity contribution >= 4 is 29.1 Å². The number of carboxylic acids is 1. The fourth-order valence-corrected chi connectivity index (χ4v) is 3.37. The first-order valence-electron chi connectivity index (χ1n) is 10.3. The van der Waals surface area contributed by atoms with Gasteiger partial charge in [0.15, 0.2) is 23.1 Å². The van der Waals surface area contributed by atoms with Gasteiger partial charge in [0.05, 0.1) is 30.1 Å². The van der Waals surface area contributed by atoms with E-state index in [0.717, 1.165) is 25.7 Å². The van der Waals surface area contributed by atoms with Crippen LogP contribution < -0.4 is 15.4 Å². The van der Waals surface area contributed by atoms with Crippen LogP contribution in [0.4, 0.5) is 17.2 Å². The standard InChI is InChI=1S/C21H21N7O4.Zn/c1-32-18-13(19-22-10-28(27-19)12-7-8-12)3-2-4-14(18)23-15-9-16(24-20(29)11-5-6-11)25-26-17(15)21(30)31;/h2-4,9-12H,5-8H2,1H3,(H,30,31)(H2,23,24,25,29);. The Hall–Kier alpha value is -3.40. The summed E-state index contributed by atoms with van der Waals surface area (Å²) in [5, 5.41) is 27.4. The van der Waals surface area contributed by atoms with Crippen LogP contribution in [0.1, 0.15) is 42.2 Å². The Labute approximate surface area is 201 Å². The van der Waals surface area contributed by atoms with Crippen LogP contribution in [0.3, 0.4) is 0 Å². The second-order valence-electron chi connectivity index (χ2n) is 7.85. The zero-order valence-corrected chi connectivity index (χ0v) is 21.0. The predicted octanol–water partition coefficient (Wildman–Crippen LogP) is 2.87. The van der Waals surface area contributed by atoms with Gasteiger partial charge in [-0.15, -0.1) is 10.2 Å². The summed E-state index contributed by atoms with van der Waals surface area (Å²) in [6.45, 7) is 0. The summed E-state index contributed by atoms with van der Waals surface area (Å²) >= 11 is 0. The van der Waals surface area contributed by atoms with E-state index < -0.39 is 5.97 Å². The summed E-state index contributed by atoms with van der Waals surface area (Å²) in [6, 6.07) is 7.22. The SMILES string of the molecule is COc1c(Nc2cc(NC(=O)C3CC3)nnc2C(=O)O)cccc1-c1ncn(C2CC2)n1.[Zn]. The molecule has 2 heterocycles. The Morgan fingerprint density at radius 2 is 1.94 bits per heavy atom. The van der Waals surface area contributed by atoms with Gasteiger partial charge in [0.2, 0.25) is 5.91 Å². The summed E-state index contributed by atoms with van der Waals surface area (Å²) in [6.07, 6.45) is 5.57. The van der Waals surface area contributed by atoms with Crippen LogP contribution in [0.15, 0.2) is 30.6 Å². The molecule has 0 atom stereocenters. The second-order valence-corrected chi connectivity index (χ2v) is 7.85. The Morgan fingerprint density at radius 3 is 2.61 bits per heavy atom. The van der Waals surface area contributed by atoms with E-state index in [1.54, 1.807) is 18.5 Å². The Balaban J connectivity index is 0.00000259. The van der Waals surface area contributed by atoms with E-state index in [1.165, 1.54) is 13.2 Å². The first kappa shape index (κ1) is 22.8. The van der Waals surface area contributed by atoms with Gasteiger partial charge >= 0.3 is 5.97 Å². The van der Waals surface area contributed by atoms with Gasteiger partial charge in [-0.25, -0.2) is 14.5 Å². The second kappa shape index (κ2) is 9.23. The van der Waals surface area contributed by atoms with Crippen LogP contribution in [-0.4, -0.2) is 49.1 Å². The van der Waals surface area contributed by atoms with Crippen LogP contribution in [0.2, 0.25) is 0 Å². The van der Waals surface area contributed by atoms with Crippen molar-refractivity contribution in [3.05, 3.63) is 36.3 Å². The molecular formula is C21H21N7O4Zn. The summed E-state index contributed by atoms with van der Waals surface area (Å²) in [4.78, 5) is 28.2. The number of benzene rings is 1. The third-order valence-electron chi connectivity index (χ3n) is 5.35. The van der Waals surface area contributed by atoms with Crippen molar-refractivity contribution in [2.75, 3.05) is 17.7 Å². The Kier molecular flexibility index (Phi) is 6.37. The van der Waals surface area contributed by atoms with E-state index in [4.69, 9.17) is 4.74 Å². The maximum atomic E-state index is 12.1. The minimum Gasteiger partial charge on any atom is -0.494 e. The van der Waals surface area contributed by atoms with Gasteiger partial charge in [-0.2, -0.15) is 5.10 Å². The quantitative estimate of drug-likeness (QED) is 0.397. The summed E-state index contributed by atoms with van der Waals surface area (Å²) in [7, 11) is 1.52. The summed E-state index contributed by atoms with van der Waals surface area (Å²) < 4.78 is 7.46. The average Bonchev–Trinajstić information content (AvgIpc) is 3.72. The third kappa shape index (κ3) is 4.85. The predicted molar refractivity (Wildman–Crippen MR) is 114 cm³/mol. The molecule has 0 spiro atoms. The number of carbonyl (C=O) groups excluding carboxylic acids is 1. The van der Waals surface area contributed by atoms with Crippen molar-refractivity contribution < 1.29 is 38.9 Å². The minimum atomic E-state index is -1.25. The van der Waals surface area contributed by atoms with Crippen molar-refractivity contribution in [2.45, 2.75) is 31.7 Å². The Morgan fingerprint density at radius 1 is 1.15 bits per heavy atom. The number of ether oxygens (including phenoxy) is 1. The summed E-state index contributed by atoms with van der Waals surface area (Å²) in [5.41, 5.74) is 1.06. The molecule has 0 radical (unpaired) electrons. The zero-order chi connectivity index (χ0) is 22.2. The van der Waals surface area contributed by atoms with Gasteiger partial charge < -0.3 is 20.5 Å². The van der Waals surface area contributed by atoms with Gasteiger partial charge in [0, 0.05) is 31.5 Å². The molecule has 0 unspecified atom stereocenters. The molecule has 2 aliphatic rings. The largest absolute Gasteiger partial charge is 0.494 e. The molecule has 11 nitrogen and oxygen atoms in total. The number of aromatic nitrogens is 5. The normalized spacial score (nSPS) is 14.8. The van der Waals surface area contributed by atoms with E-state index in [9.17, 15) is 14.7 Å². The molecule has 12 heteroatoms. The minimum absolute atomic E-state index is 0. The molecular weight excluding hydrogens is 480 g/mol. The molecule has 3 N–H and O–H groups in total. The van der Waals surface area contributed by atoms with Crippen molar-refractivity contribution in [3.8, 4) is 17.1 Å². The molecule has 0 bridgehead atoms. The monoisotopic (exact) mass is 499 g/mol. The first-order valence-corrected chi connectivity index (χ1v) is 10.3. The Bertz CT molecular complexity index is 1210. The maximum Gasteiger partial charge on any atom is 0.358 e. The van der Waals surface area contributed by atoms with Crippen LogP contribution in [-0.2, 0) is 24.3 Å². The van der Waals surface area contributed by atoms with Crippen molar-refractivity contribution in [1.82, 2.24) is 25.0 Å². The molecule has 1 aromatic carbocycles. The fourth-order valence-electron chi connectivity index (χ4n) is 3.37. The number of amides is 1. The van der Waals surface area contributed by atoms with Crippen molar-refractivity contribution in [1.29, 1.82) is 0 Å². The summed E-state index contributed by atoms with van der Waals surface area (Å²) in [5.74, 6) is -0.273. The van der Waals surface area contributed by atoms with Crippen LogP contribution in [0.25, 0.3) is 11.4 Å².